The fourth-order valence-corrected chi connectivity index (χ4v) is 1.05. The Kier molecular flexibility index (Phi) is 2.62. The van der Waals surface area contributed by atoms with Crippen LogP contribution in [0.3, 0.4) is 0 Å². The minimum atomic E-state index is 0.747. The maximum absolute atomic E-state index is 4.16. The number of nitrogens with one attached hydrogen (secondary N) is 1. The summed E-state index contributed by atoms with van der Waals surface area (Å²) in [5, 5.41) is 0. The zero-order valence-electron chi connectivity index (χ0n) is 7.59. The average molecular weight is 184 g/mol. The van der Waals surface area contributed by atoms with Crippen LogP contribution < -0.4 is 10.9 Å². The van der Waals surface area contributed by atoms with Gasteiger partial charge in [0.15, 0.2) is 0 Å². The summed E-state index contributed by atoms with van der Waals surface area (Å²) in [5.74, 6) is 0.747. The van der Waals surface area contributed by atoms with Crippen molar-refractivity contribution in [3.63, 3.8) is 0 Å². The maximum Gasteiger partial charge on any atom is 0.146 e. The molecular weight excluding hydrogens is 174 g/mol. The van der Waals surface area contributed by atoms with Crippen LogP contribution in [0.5, 0.6) is 0 Å². The molecule has 0 fully saturated rings. The first-order chi connectivity index (χ1) is 6.95. The highest BCUT2D eigenvalue weighted by atomic mass is 15.4. The highest BCUT2D eigenvalue weighted by molar-refractivity contribution is 5.40. The van der Waals surface area contributed by atoms with Gasteiger partial charge in [0.05, 0.1) is 5.69 Å². The van der Waals surface area contributed by atoms with Gasteiger partial charge < -0.3 is 0 Å². The van der Waals surface area contributed by atoms with E-state index in [9.17, 15) is 0 Å². The molecule has 1 heterocycles. The Morgan fingerprint density at radius 1 is 0.929 bits per heavy atom. The molecule has 0 bridgehead atoms. The summed E-state index contributed by atoms with van der Waals surface area (Å²) >= 11 is 0. The second-order valence-electron chi connectivity index (χ2n) is 2.77. The third-order valence-electron chi connectivity index (χ3n) is 1.72. The van der Waals surface area contributed by atoms with Crippen LogP contribution in [0.1, 0.15) is 0 Å². The van der Waals surface area contributed by atoms with Gasteiger partial charge in [0.25, 0.3) is 0 Å². The lowest BCUT2D eigenvalue weighted by Crippen LogP contribution is -2.07. The van der Waals surface area contributed by atoms with Crippen LogP contribution in [0.25, 0.3) is 0 Å². The van der Waals surface area contributed by atoms with Crippen LogP contribution in [0.15, 0.2) is 54.7 Å². The summed E-state index contributed by atoms with van der Waals surface area (Å²) in [6.45, 7) is 0. The SMILES string of the molecule is c1ccc([N]Nc2ccccn2)cc1. The molecule has 0 aliphatic heterocycles. The van der Waals surface area contributed by atoms with E-state index >= 15 is 0 Å². The van der Waals surface area contributed by atoms with Crippen LogP contribution in [0.2, 0.25) is 0 Å². The molecule has 3 heteroatoms. The van der Waals surface area contributed by atoms with Gasteiger partial charge in [0.1, 0.15) is 5.82 Å². The van der Waals surface area contributed by atoms with Crippen LogP contribution in [0, 0.1) is 0 Å². The van der Waals surface area contributed by atoms with Crippen molar-refractivity contribution >= 4 is 11.5 Å². The third kappa shape index (κ3) is 2.23. The van der Waals surface area contributed by atoms with E-state index in [0.717, 1.165) is 11.5 Å². The molecule has 0 aliphatic rings. The Morgan fingerprint density at radius 3 is 2.43 bits per heavy atom. The van der Waals surface area contributed by atoms with Crippen molar-refractivity contribution < 1.29 is 0 Å². The number of anilines is 1. The van der Waals surface area contributed by atoms with Gasteiger partial charge in [-0.05, 0) is 24.3 Å². The van der Waals surface area contributed by atoms with E-state index in [1.807, 2.05) is 48.5 Å². The Bertz CT molecular complexity index is 333. The Morgan fingerprint density at radius 2 is 1.71 bits per heavy atom. The zero-order chi connectivity index (χ0) is 9.64. The second kappa shape index (κ2) is 4.28. The van der Waals surface area contributed by atoms with Crippen LogP contribution in [-0.4, -0.2) is 4.98 Å². The van der Waals surface area contributed by atoms with Gasteiger partial charge in [-0.1, -0.05) is 24.3 Å². The fourth-order valence-electron chi connectivity index (χ4n) is 1.05. The summed E-state index contributed by atoms with van der Waals surface area (Å²) in [6, 6.07) is 15.3. The molecule has 1 aromatic carbocycles. The number of rotatable bonds is 3. The first-order valence-corrected chi connectivity index (χ1v) is 4.38. The van der Waals surface area contributed by atoms with Crippen LogP contribution in [0.4, 0.5) is 11.5 Å². The minimum Gasteiger partial charge on any atom is -0.261 e. The van der Waals surface area contributed by atoms with E-state index in [-0.39, 0.29) is 0 Å². The predicted molar refractivity (Wildman–Crippen MR) is 56.1 cm³/mol. The third-order valence-corrected chi connectivity index (χ3v) is 1.72. The molecule has 1 aromatic heterocycles. The monoisotopic (exact) mass is 184 g/mol. The van der Waals surface area contributed by atoms with Gasteiger partial charge in [0.2, 0.25) is 0 Å². The summed E-state index contributed by atoms with van der Waals surface area (Å²) in [5.41, 5.74) is 7.93. The fraction of sp³-hybridized carbons (Fsp3) is 0. The smallest absolute Gasteiger partial charge is 0.146 e. The molecule has 2 rings (SSSR count). The lowest BCUT2D eigenvalue weighted by atomic mass is 10.3. The zero-order valence-corrected chi connectivity index (χ0v) is 7.59. The number of hydrogen-bond donors (Lipinski definition) is 1. The van der Waals surface area contributed by atoms with E-state index in [0.29, 0.717) is 0 Å². The summed E-state index contributed by atoms with van der Waals surface area (Å²) < 4.78 is 0. The molecule has 2 aromatic rings. The molecule has 0 spiro atoms. The molecule has 1 radical (unpaired) electrons. The van der Waals surface area contributed by atoms with Crippen molar-refractivity contribution in [3.8, 4) is 0 Å². The molecule has 0 atom stereocenters. The number of pyridine rings is 1. The summed E-state index contributed by atoms with van der Waals surface area (Å²) in [4.78, 5) is 4.09. The van der Waals surface area contributed by atoms with Crippen molar-refractivity contribution in [2.45, 2.75) is 0 Å². The van der Waals surface area contributed by atoms with Gasteiger partial charge in [-0.2, -0.15) is 5.43 Å². The highest BCUT2D eigenvalue weighted by Crippen LogP contribution is 2.06. The molecule has 0 unspecified atom stereocenters. The molecule has 14 heavy (non-hydrogen) atoms. The standard InChI is InChI=1S/C11H10N3/c1-2-6-10(7-3-1)13-14-11-8-4-5-9-12-11/h1-9H,(H,12,14). The number of nitrogens with zero attached hydrogens (tertiary/aromatic N) is 2. The molecular formula is C11H10N3. The van der Waals surface area contributed by atoms with E-state index in [2.05, 4.69) is 15.8 Å². The van der Waals surface area contributed by atoms with Gasteiger partial charge in [-0.25, -0.2) is 4.98 Å². The van der Waals surface area contributed by atoms with Gasteiger partial charge in [-0.15, -0.1) is 0 Å². The molecule has 1 N–H and O–H groups in total. The second-order valence-corrected chi connectivity index (χ2v) is 2.77. The summed E-state index contributed by atoms with van der Waals surface area (Å²) in [7, 11) is 0. The first-order valence-electron chi connectivity index (χ1n) is 4.38. The van der Waals surface area contributed by atoms with E-state index in [4.69, 9.17) is 0 Å². The Labute approximate surface area is 82.8 Å². The normalized spacial score (nSPS) is 9.43. The minimum absolute atomic E-state index is 0.747. The lowest BCUT2D eigenvalue weighted by Gasteiger charge is -2.03. The molecule has 3 nitrogen and oxygen atoms in total. The van der Waals surface area contributed by atoms with Crippen LogP contribution in [-0.2, 0) is 0 Å². The van der Waals surface area contributed by atoms with Crippen molar-refractivity contribution in [2.75, 3.05) is 5.43 Å². The quantitative estimate of drug-likeness (QED) is 0.743. The molecule has 69 valence electrons. The van der Waals surface area contributed by atoms with Crippen LogP contribution >= 0.6 is 0 Å². The van der Waals surface area contributed by atoms with Gasteiger partial charge in [0, 0.05) is 6.20 Å². The molecule has 0 saturated carbocycles. The number of aromatic nitrogens is 1. The van der Waals surface area contributed by atoms with Crippen molar-refractivity contribution in [2.24, 2.45) is 0 Å². The Balaban J connectivity index is 1.96. The predicted octanol–water partition coefficient (Wildman–Crippen LogP) is 2.34. The molecule has 0 aliphatic carbocycles. The number of hydrogen-bond acceptors (Lipinski definition) is 2. The van der Waals surface area contributed by atoms with Crippen molar-refractivity contribution in [3.05, 3.63) is 54.7 Å². The van der Waals surface area contributed by atoms with E-state index < -0.39 is 0 Å². The van der Waals surface area contributed by atoms with Crippen molar-refractivity contribution in [1.82, 2.24) is 10.4 Å². The van der Waals surface area contributed by atoms with E-state index in [1.54, 1.807) is 6.20 Å². The van der Waals surface area contributed by atoms with Gasteiger partial charge in [-0.3, -0.25) is 5.43 Å². The average Bonchev–Trinajstić information content (AvgIpc) is 2.29. The number of benzene rings is 1. The highest BCUT2D eigenvalue weighted by Gasteiger charge is 1.92. The molecule has 0 amide bonds. The van der Waals surface area contributed by atoms with Gasteiger partial charge >= 0.3 is 0 Å². The topological polar surface area (TPSA) is 39.0 Å². The Hall–Kier alpha value is -2.03. The first kappa shape index (κ1) is 8.56. The van der Waals surface area contributed by atoms with E-state index in [1.165, 1.54) is 0 Å². The van der Waals surface area contributed by atoms with Crippen molar-refractivity contribution in [1.29, 1.82) is 0 Å². The maximum atomic E-state index is 4.16. The largest absolute Gasteiger partial charge is 0.261 e. The summed E-state index contributed by atoms with van der Waals surface area (Å²) in [6.07, 6.45) is 1.73. The molecule has 0 saturated heterocycles. The lowest BCUT2D eigenvalue weighted by molar-refractivity contribution is 1.02. The number of para-hydroxylation sites is 1.